The summed E-state index contributed by atoms with van der Waals surface area (Å²) >= 11 is 0. The summed E-state index contributed by atoms with van der Waals surface area (Å²) in [4.78, 5) is 14.3. The molecule has 2 atom stereocenters. The molecular weight excluding hydrogens is 350 g/mol. The summed E-state index contributed by atoms with van der Waals surface area (Å²) in [6.45, 7) is 5.73. The number of carbonyl (C=O) groups excluding carboxylic acids is 1. The van der Waals surface area contributed by atoms with Gasteiger partial charge in [-0.25, -0.2) is 0 Å². The quantitative estimate of drug-likeness (QED) is 0.712. The Morgan fingerprint density at radius 2 is 1.86 bits per heavy atom. The molecule has 2 N–H and O–H groups in total. The molecule has 2 heterocycles. The summed E-state index contributed by atoms with van der Waals surface area (Å²) in [5.74, 6) is 0.542. The van der Waals surface area contributed by atoms with Crippen LogP contribution in [0.2, 0.25) is 0 Å². The summed E-state index contributed by atoms with van der Waals surface area (Å²) in [6, 6.07) is 18.2. The van der Waals surface area contributed by atoms with Crippen LogP contribution in [0, 0.1) is 0 Å². The number of hydrogen-bond acceptors (Lipinski definition) is 3. The maximum atomic E-state index is 12.1. The Hall–Kier alpha value is -2.79. The van der Waals surface area contributed by atoms with Crippen LogP contribution in [0.3, 0.4) is 0 Å². The maximum Gasteiger partial charge on any atom is 0.234 e. The molecule has 0 saturated carbocycles. The molecule has 5 nitrogen and oxygen atoms in total. The Morgan fingerprint density at radius 3 is 2.57 bits per heavy atom. The molecule has 4 rings (SSSR count). The van der Waals surface area contributed by atoms with Crippen LogP contribution in [0.4, 0.5) is 0 Å². The van der Waals surface area contributed by atoms with Gasteiger partial charge in [0.2, 0.25) is 5.91 Å². The monoisotopic (exact) mass is 377 g/mol. The van der Waals surface area contributed by atoms with E-state index in [-0.39, 0.29) is 18.1 Å². The fourth-order valence-corrected chi connectivity index (χ4v) is 4.16. The highest BCUT2D eigenvalue weighted by molar-refractivity contribution is 5.84. The van der Waals surface area contributed by atoms with E-state index in [2.05, 4.69) is 53.8 Å². The predicted octanol–water partition coefficient (Wildman–Crippen LogP) is 3.73. The lowest BCUT2D eigenvalue weighted by molar-refractivity contribution is -0.122. The zero-order valence-corrected chi connectivity index (χ0v) is 16.4. The van der Waals surface area contributed by atoms with Gasteiger partial charge in [-0.2, -0.15) is 0 Å². The van der Waals surface area contributed by atoms with Crippen LogP contribution in [-0.2, 0) is 11.3 Å². The number of nitrogens with zero attached hydrogens (tertiary/aromatic N) is 2. The lowest BCUT2D eigenvalue weighted by Crippen LogP contribution is -2.39. The minimum Gasteiger partial charge on any atom is -0.489 e. The Kier molecular flexibility index (Phi) is 5.09. The molecule has 3 aromatic rings. The van der Waals surface area contributed by atoms with Crippen LogP contribution >= 0.6 is 0 Å². The van der Waals surface area contributed by atoms with Crippen LogP contribution in [0.1, 0.15) is 31.9 Å². The van der Waals surface area contributed by atoms with E-state index in [0.29, 0.717) is 25.6 Å². The van der Waals surface area contributed by atoms with E-state index < -0.39 is 0 Å². The smallest absolute Gasteiger partial charge is 0.234 e. The number of ether oxygens (including phenoxy) is 1. The van der Waals surface area contributed by atoms with Crippen molar-refractivity contribution in [3.8, 4) is 5.75 Å². The van der Waals surface area contributed by atoms with Gasteiger partial charge in [-0.3, -0.25) is 9.69 Å². The number of primary amides is 1. The van der Waals surface area contributed by atoms with Gasteiger partial charge >= 0.3 is 0 Å². The zero-order chi connectivity index (χ0) is 19.7. The van der Waals surface area contributed by atoms with Crippen LogP contribution in [0.15, 0.2) is 60.8 Å². The Morgan fingerprint density at radius 1 is 1.14 bits per heavy atom. The predicted molar refractivity (Wildman–Crippen MR) is 111 cm³/mol. The van der Waals surface area contributed by atoms with Gasteiger partial charge < -0.3 is 15.0 Å². The third-order valence-corrected chi connectivity index (χ3v) is 5.49. The van der Waals surface area contributed by atoms with Gasteiger partial charge in [0.25, 0.3) is 0 Å². The van der Waals surface area contributed by atoms with E-state index in [4.69, 9.17) is 10.5 Å². The lowest BCUT2D eigenvalue weighted by Gasteiger charge is -2.21. The van der Waals surface area contributed by atoms with Crippen molar-refractivity contribution in [2.45, 2.75) is 45.0 Å². The normalized spacial score (nSPS) is 20.1. The largest absolute Gasteiger partial charge is 0.489 e. The molecule has 0 radical (unpaired) electrons. The van der Waals surface area contributed by atoms with E-state index in [9.17, 15) is 4.79 Å². The lowest BCUT2D eigenvalue weighted by atomic mass is 10.1. The molecule has 1 amide bonds. The fourth-order valence-electron chi connectivity index (χ4n) is 4.16. The van der Waals surface area contributed by atoms with E-state index in [1.165, 1.54) is 16.5 Å². The van der Waals surface area contributed by atoms with Gasteiger partial charge in [0.05, 0.1) is 6.04 Å². The van der Waals surface area contributed by atoms with Gasteiger partial charge in [0.15, 0.2) is 0 Å². The van der Waals surface area contributed by atoms with Crippen molar-refractivity contribution in [1.29, 1.82) is 0 Å². The third kappa shape index (κ3) is 3.62. The molecule has 0 spiro atoms. The number of likely N-dealkylation sites (tertiary alicyclic amines) is 1. The molecule has 1 saturated heterocycles. The maximum absolute atomic E-state index is 12.1. The Labute approximate surface area is 165 Å². The summed E-state index contributed by atoms with van der Waals surface area (Å²) < 4.78 is 8.39. The van der Waals surface area contributed by atoms with Crippen LogP contribution in [-0.4, -0.2) is 34.1 Å². The average molecular weight is 377 g/mol. The van der Waals surface area contributed by atoms with Gasteiger partial charge in [-0.05, 0) is 37.6 Å². The molecule has 2 aromatic carbocycles. The molecule has 1 aliphatic heterocycles. The summed E-state index contributed by atoms with van der Waals surface area (Å²) in [5, 5.41) is 1.23. The molecule has 1 aromatic heterocycles. The summed E-state index contributed by atoms with van der Waals surface area (Å²) in [7, 11) is 0. The number of hydrogen-bond donors (Lipinski definition) is 1. The topological polar surface area (TPSA) is 60.5 Å². The molecule has 1 fully saturated rings. The first-order valence-corrected chi connectivity index (χ1v) is 9.86. The zero-order valence-electron chi connectivity index (χ0n) is 16.4. The van der Waals surface area contributed by atoms with Crippen molar-refractivity contribution in [2.24, 2.45) is 5.73 Å². The number of fused-ring (bicyclic) bond motifs is 1. The summed E-state index contributed by atoms with van der Waals surface area (Å²) in [6.07, 6.45) is 2.78. The minimum atomic E-state index is -0.310. The highest BCUT2D eigenvalue weighted by atomic mass is 16.5. The molecule has 1 aliphatic rings. The van der Waals surface area contributed by atoms with Gasteiger partial charge in [0, 0.05) is 42.7 Å². The fraction of sp³-hybridized carbons (Fsp3) is 0.348. The summed E-state index contributed by atoms with van der Waals surface area (Å²) in [5.41, 5.74) is 8.16. The van der Waals surface area contributed by atoms with Crippen molar-refractivity contribution >= 4 is 16.8 Å². The van der Waals surface area contributed by atoms with Crippen molar-refractivity contribution in [2.75, 3.05) is 6.54 Å². The molecule has 0 aliphatic carbocycles. The first kappa shape index (κ1) is 18.6. The second-order valence-corrected chi connectivity index (χ2v) is 7.81. The molecule has 0 bridgehead atoms. The third-order valence-electron chi connectivity index (χ3n) is 5.49. The van der Waals surface area contributed by atoms with Crippen LogP contribution < -0.4 is 10.5 Å². The minimum absolute atomic E-state index is 0.0432. The number of aromatic nitrogens is 1. The van der Waals surface area contributed by atoms with E-state index in [1.807, 2.05) is 30.3 Å². The molecule has 0 unspecified atom stereocenters. The van der Waals surface area contributed by atoms with Crippen LogP contribution in [0.5, 0.6) is 5.75 Å². The number of amides is 1. The van der Waals surface area contributed by atoms with Gasteiger partial charge in [-0.15, -0.1) is 0 Å². The first-order chi connectivity index (χ1) is 13.5. The van der Waals surface area contributed by atoms with Crippen molar-refractivity contribution in [1.82, 2.24) is 9.47 Å². The number of rotatable bonds is 6. The SMILES string of the molecule is CC(C)n1cc(CN2C[C@@H](Oc3ccccc3)C[C@H]2C(N)=O)c2ccccc21. The Bertz CT molecular complexity index is 964. The van der Waals surface area contributed by atoms with Crippen LogP contribution in [0.25, 0.3) is 10.9 Å². The number of carbonyl (C=O) groups is 1. The molecule has 28 heavy (non-hydrogen) atoms. The number of para-hydroxylation sites is 2. The van der Waals surface area contributed by atoms with E-state index in [0.717, 1.165) is 5.75 Å². The molecule has 5 heteroatoms. The Balaban J connectivity index is 1.58. The van der Waals surface area contributed by atoms with E-state index in [1.54, 1.807) is 0 Å². The average Bonchev–Trinajstić information content (AvgIpc) is 3.25. The highest BCUT2D eigenvalue weighted by Crippen LogP contribution is 2.29. The van der Waals surface area contributed by atoms with E-state index >= 15 is 0 Å². The standard InChI is InChI=1S/C23H27N3O2/c1-16(2)26-14-17(20-10-6-7-11-21(20)26)13-25-15-19(12-22(25)23(24)27)28-18-8-4-3-5-9-18/h3-11,14,16,19,22H,12-13,15H2,1-2H3,(H2,24,27)/t19-,22-/m0/s1. The number of nitrogens with two attached hydrogens (primary N) is 1. The van der Waals surface area contributed by atoms with Gasteiger partial charge in [-0.1, -0.05) is 36.4 Å². The second-order valence-electron chi connectivity index (χ2n) is 7.81. The number of benzene rings is 2. The van der Waals surface area contributed by atoms with Crippen molar-refractivity contribution in [3.05, 3.63) is 66.4 Å². The highest BCUT2D eigenvalue weighted by Gasteiger charge is 2.37. The molecule has 146 valence electrons. The molecular formula is C23H27N3O2. The van der Waals surface area contributed by atoms with Crippen molar-refractivity contribution in [3.63, 3.8) is 0 Å². The second kappa shape index (κ2) is 7.68. The van der Waals surface area contributed by atoms with Crippen molar-refractivity contribution < 1.29 is 9.53 Å². The first-order valence-electron chi connectivity index (χ1n) is 9.86. The van der Waals surface area contributed by atoms with Gasteiger partial charge in [0.1, 0.15) is 11.9 Å².